The van der Waals surface area contributed by atoms with Crippen LogP contribution in [0.1, 0.15) is 52.6 Å². The van der Waals surface area contributed by atoms with Crippen LogP contribution in [0.5, 0.6) is 0 Å². The highest BCUT2D eigenvalue weighted by molar-refractivity contribution is 5.95. The van der Waals surface area contributed by atoms with Crippen molar-refractivity contribution in [1.29, 1.82) is 0 Å². The number of nitrogens with zero attached hydrogens (tertiary/aromatic N) is 5. The highest BCUT2D eigenvalue weighted by Gasteiger charge is 2.52. The zero-order chi connectivity index (χ0) is 18.0. The summed E-state index contributed by atoms with van der Waals surface area (Å²) < 4.78 is 1.83. The molecule has 0 aliphatic heterocycles. The van der Waals surface area contributed by atoms with Gasteiger partial charge in [-0.2, -0.15) is 5.10 Å². The molecule has 3 aliphatic rings. The van der Waals surface area contributed by atoms with E-state index in [-0.39, 0.29) is 11.4 Å². The molecule has 2 atom stereocenters. The Kier molecular flexibility index (Phi) is 2.90. The van der Waals surface area contributed by atoms with Crippen LogP contribution in [0, 0.1) is 5.92 Å². The number of amides is 1. The number of carbonyl (C=O) groups is 1. The van der Waals surface area contributed by atoms with Crippen LogP contribution in [-0.4, -0.2) is 30.6 Å². The average Bonchev–Trinajstić information content (AvgIpc) is 3.59. The van der Waals surface area contributed by atoms with E-state index in [1.54, 1.807) is 24.8 Å². The van der Waals surface area contributed by atoms with Gasteiger partial charge >= 0.3 is 0 Å². The first-order valence-corrected chi connectivity index (χ1v) is 9.37. The molecule has 0 aromatic carbocycles. The topological polar surface area (TPSA) is 85.6 Å². The van der Waals surface area contributed by atoms with Crippen LogP contribution < -0.4 is 5.32 Å². The lowest BCUT2D eigenvalue weighted by molar-refractivity contribution is 0.0923. The minimum atomic E-state index is -0.344. The van der Waals surface area contributed by atoms with Crippen LogP contribution in [-0.2, 0) is 12.0 Å². The summed E-state index contributed by atoms with van der Waals surface area (Å²) in [5.74, 6) is 1.71. The highest BCUT2D eigenvalue weighted by Crippen LogP contribution is 2.57. The van der Waals surface area contributed by atoms with Crippen LogP contribution in [0.3, 0.4) is 0 Å². The second kappa shape index (κ2) is 5.22. The normalized spacial score (nSPS) is 23.4. The van der Waals surface area contributed by atoms with Gasteiger partial charge < -0.3 is 5.32 Å². The van der Waals surface area contributed by atoms with Gasteiger partial charge in [-0.3, -0.25) is 14.8 Å². The number of rotatable bonds is 4. The van der Waals surface area contributed by atoms with E-state index >= 15 is 0 Å². The molecular formula is C20H18N6O. The Bertz CT molecular complexity index is 1040. The van der Waals surface area contributed by atoms with Crippen molar-refractivity contribution in [1.82, 2.24) is 30.0 Å². The number of nitrogens with one attached hydrogen (secondary N) is 1. The second-order valence-corrected chi connectivity index (χ2v) is 7.75. The van der Waals surface area contributed by atoms with Crippen molar-refractivity contribution in [3.8, 4) is 5.82 Å². The molecule has 2 saturated carbocycles. The molecule has 1 amide bonds. The molecule has 3 aromatic rings. The van der Waals surface area contributed by atoms with Crippen LogP contribution in [0.4, 0.5) is 0 Å². The summed E-state index contributed by atoms with van der Waals surface area (Å²) in [5, 5.41) is 7.88. The van der Waals surface area contributed by atoms with Crippen molar-refractivity contribution in [3.05, 3.63) is 65.6 Å². The molecule has 0 unspecified atom stereocenters. The SMILES string of the molecule is O=C(NC1(c2ccccn2)CC1)c1nn(-c2cnccn2)c2c1C[C@H]1C[C@@H]21. The average molecular weight is 358 g/mol. The van der Waals surface area contributed by atoms with Gasteiger partial charge in [0, 0.05) is 30.1 Å². The molecule has 3 aliphatic carbocycles. The molecule has 27 heavy (non-hydrogen) atoms. The zero-order valence-electron chi connectivity index (χ0n) is 14.7. The standard InChI is InChI=1S/C20H18N6O/c27-19(24-20(4-5-20)15-3-1-2-6-22-15)17-14-10-12-9-13(12)18(14)26(25-17)16-11-21-7-8-23-16/h1-3,6-8,11-13H,4-5,9-10H2,(H,24,27)/t12-,13-/m1/s1. The van der Waals surface area contributed by atoms with Gasteiger partial charge in [-0.1, -0.05) is 6.07 Å². The monoisotopic (exact) mass is 358 g/mol. The van der Waals surface area contributed by atoms with Crippen molar-refractivity contribution >= 4 is 5.91 Å². The van der Waals surface area contributed by atoms with Gasteiger partial charge in [0.2, 0.25) is 0 Å². The third-order valence-electron chi connectivity index (χ3n) is 6.00. The summed E-state index contributed by atoms with van der Waals surface area (Å²) in [6, 6.07) is 5.83. The molecule has 3 heterocycles. The lowest BCUT2D eigenvalue weighted by atomic mass is 10.1. The largest absolute Gasteiger partial charge is 0.340 e. The van der Waals surface area contributed by atoms with Crippen molar-refractivity contribution in [3.63, 3.8) is 0 Å². The summed E-state index contributed by atoms with van der Waals surface area (Å²) in [4.78, 5) is 26.1. The zero-order valence-corrected chi connectivity index (χ0v) is 14.7. The molecule has 2 fully saturated rings. The minimum Gasteiger partial charge on any atom is -0.340 e. The van der Waals surface area contributed by atoms with E-state index in [4.69, 9.17) is 0 Å². The van der Waals surface area contributed by atoms with E-state index in [1.165, 1.54) is 6.42 Å². The molecule has 1 N–H and O–H groups in total. The van der Waals surface area contributed by atoms with Crippen LogP contribution in [0.2, 0.25) is 0 Å². The Morgan fingerprint density at radius 1 is 1.19 bits per heavy atom. The summed E-state index contributed by atoms with van der Waals surface area (Å²) in [6.07, 6.45) is 10.7. The quantitative estimate of drug-likeness (QED) is 0.772. The fraction of sp³-hybridized carbons (Fsp3) is 0.350. The number of carbonyl (C=O) groups excluding carboxylic acids is 1. The predicted octanol–water partition coefficient (Wildman–Crippen LogP) is 2.14. The molecule has 0 radical (unpaired) electrons. The van der Waals surface area contributed by atoms with Crippen LogP contribution >= 0.6 is 0 Å². The minimum absolute atomic E-state index is 0.113. The van der Waals surface area contributed by atoms with Crippen LogP contribution in [0.15, 0.2) is 43.0 Å². The lowest BCUT2D eigenvalue weighted by Crippen LogP contribution is -2.36. The fourth-order valence-corrected chi connectivity index (χ4v) is 4.37. The maximum absolute atomic E-state index is 13.1. The van der Waals surface area contributed by atoms with E-state index in [2.05, 4.69) is 25.4 Å². The first-order valence-electron chi connectivity index (χ1n) is 9.37. The summed E-state index contributed by atoms with van der Waals surface area (Å²) in [5.41, 5.74) is 3.34. The molecular weight excluding hydrogens is 340 g/mol. The van der Waals surface area contributed by atoms with Crippen LogP contribution in [0.25, 0.3) is 5.82 Å². The van der Waals surface area contributed by atoms with Crippen molar-refractivity contribution in [2.24, 2.45) is 5.92 Å². The number of fused-ring (bicyclic) bond motifs is 3. The van der Waals surface area contributed by atoms with E-state index in [0.29, 0.717) is 23.3 Å². The van der Waals surface area contributed by atoms with Gasteiger partial charge in [0.05, 0.1) is 23.1 Å². The summed E-state index contributed by atoms with van der Waals surface area (Å²) in [6.45, 7) is 0. The number of hydrogen-bond donors (Lipinski definition) is 1. The van der Waals surface area contributed by atoms with Gasteiger partial charge in [-0.05, 0) is 43.7 Å². The summed E-state index contributed by atoms with van der Waals surface area (Å²) in [7, 11) is 0. The predicted molar refractivity (Wildman–Crippen MR) is 96.3 cm³/mol. The Labute approximate surface area is 155 Å². The smallest absolute Gasteiger partial charge is 0.272 e. The first kappa shape index (κ1) is 15.0. The Morgan fingerprint density at radius 2 is 2.11 bits per heavy atom. The molecule has 0 saturated heterocycles. The van der Waals surface area contributed by atoms with Gasteiger partial charge in [-0.25, -0.2) is 9.67 Å². The molecule has 134 valence electrons. The first-order chi connectivity index (χ1) is 13.3. The summed E-state index contributed by atoms with van der Waals surface area (Å²) >= 11 is 0. The Morgan fingerprint density at radius 3 is 2.85 bits per heavy atom. The Hall–Kier alpha value is -3.09. The van der Waals surface area contributed by atoms with Gasteiger partial charge in [0.15, 0.2) is 11.5 Å². The van der Waals surface area contributed by atoms with Gasteiger partial charge in [-0.15, -0.1) is 0 Å². The van der Waals surface area contributed by atoms with Crippen molar-refractivity contribution in [2.75, 3.05) is 0 Å². The Balaban J connectivity index is 1.37. The second-order valence-electron chi connectivity index (χ2n) is 7.75. The van der Waals surface area contributed by atoms with Gasteiger partial charge in [0.1, 0.15) is 0 Å². The van der Waals surface area contributed by atoms with Crippen molar-refractivity contribution in [2.45, 2.75) is 37.1 Å². The van der Waals surface area contributed by atoms with Gasteiger partial charge in [0.25, 0.3) is 5.91 Å². The van der Waals surface area contributed by atoms with Crippen molar-refractivity contribution < 1.29 is 4.79 Å². The van der Waals surface area contributed by atoms with E-state index < -0.39 is 0 Å². The third-order valence-corrected chi connectivity index (χ3v) is 6.00. The molecule has 3 aromatic heterocycles. The molecule has 6 rings (SSSR count). The fourth-order valence-electron chi connectivity index (χ4n) is 4.37. The lowest BCUT2D eigenvalue weighted by Gasteiger charge is -2.16. The number of aromatic nitrogens is 5. The molecule has 7 heteroatoms. The van der Waals surface area contributed by atoms with E-state index in [9.17, 15) is 4.79 Å². The highest BCUT2D eigenvalue weighted by atomic mass is 16.2. The third kappa shape index (κ3) is 2.24. The maximum atomic E-state index is 13.1. The maximum Gasteiger partial charge on any atom is 0.272 e. The van der Waals surface area contributed by atoms with E-state index in [1.807, 2.05) is 22.9 Å². The van der Waals surface area contributed by atoms with E-state index in [0.717, 1.165) is 36.2 Å². The molecule has 0 spiro atoms. The number of pyridine rings is 1. The number of hydrogen-bond acceptors (Lipinski definition) is 5. The molecule has 0 bridgehead atoms. The molecule has 7 nitrogen and oxygen atoms in total.